The molecule has 26 heavy (non-hydrogen) atoms. The first-order valence-corrected chi connectivity index (χ1v) is 9.50. The fourth-order valence-electron chi connectivity index (χ4n) is 3.12. The molecule has 6 heteroatoms. The van der Waals surface area contributed by atoms with Gasteiger partial charge in [-0.2, -0.15) is 0 Å². The normalized spacial score (nSPS) is 14.2. The van der Waals surface area contributed by atoms with Gasteiger partial charge in [-0.1, -0.05) is 24.3 Å². The number of likely N-dealkylation sites (tertiary alicyclic amines) is 1. The van der Waals surface area contributed by atoms with Crippen molar-refractivity contribution in [1.82, 2.24) is 9.88 Å². The number of amides is 2. The minimum absolute atomic E-state index is 0.0614. The van der Waals surface area contributed by atoms with Crippen LogP contribution in [0.5, 0.6) is 0 Å². The molecule has 3 aromatic rings. The van der Waals surface area contributed by atoms with Crippen molar-refractivity contribution in [2.24, 2.45) is 0 Å². The highest BCUT2D eigenvalue weighted by atomic mass is 32.1. The lowest BCUT2D eigenvalue weighted by Crippen LogP contribution is -2.33. The number of para-hydroxylation sites is 1. The summed E-state index contributed by atoms with van der Waals surface area (Å²) in [5, 5.41) is 3.94. The van der Waals surface area contributed by atoms with Crippen LogP contribution in [0.15, 0.2) is 48.5 Å². The van der Waals surface area contributed by atoms with Crippen molar-refractivity contribution in [3.05, 3.63) is 59.1 Å². The minimum Gasteiger partial charge on any atom is -0.333 e. The van der Waals surface area contributed by atoms with Crippen molar-refractivity contribution in [2.45, 2.75) is 19.3 Å². The molecule has 1 saturated heterocycles. The van der Waals surface area contributed by atoms with E-state index in [-0.39, 0.29) is 18.4 Å². The highest BCUT2D eigenvalue weighted by molar-refractivity contribution is 7.18. The number of nitrogens with one attached hydrogen (secondary N) is 1. The molecule has 2 heterocycles. The van der Waals surface area contributed by atoms with Crippen molar-refractivity contribution >= 4 is 39.1 Å². The Morgan fingerprint density at radius 1 is 1.15 bits per heavy atom. The highest BCUT2D eigenvalue weighted by Crippen LogP contribution is 2.24. The summed E-state index contributed by atoms with van der Waals surface area (Å²) in [4.78, 5) is 29.9. The summed E-state index contributed by atoms with van der Waals surface area (Å²) in [7, 11) is 0. The van der Waals surface area contributed by atoms with Crippen molar-refractivity contribution in [1.29, 1.82) is 0 Å². The van der Waals surface area contributed by atoms with E-state index >= 15 is 0 Å². The number of anilines is 1. The van der Waals surface area contributed by atoms with E-state index in [1.807, 2.05) is 42.5 Å². The Bertz CT molecular complexity index is 916. The molecular formula is C20H19N3O2S. The van der Waals surface area contributed by atoms with Crippen molar-refractivity contribution in [2.75, 3.05) is 18.4 Å². The highest BCUT2D eigenvalue weighted by Gasteiger charge is 2.22. The lowest BCUT2D eigenvalue weighted by molar-refractivity contribution is -0.131. The molecule has 132 valence electrons. The molecule has 2 amide bonds. The van der Waals surface area contributed by atoms with Gasteiger partial charge in [0.15, 0.2) is 0 Å². The maximum Gasteiger partial charge on any atom is 0.243 e. The van der Waals surface area contributed by atoms with Crippen LogP contribution in [0, 0.1) is 0 Å². The Morgan fingerprint density at radius 2 is 1.96 bits per heavy atom. The van der Waals surface area contributed by atoms with Gasteiger partial charge in [-0.25, -0.2) is 4.98 Å². The zero-order valence-electron chi connectivity index (χ0n) is 14.3. The summed E-state index contributed by atoms with van der Waals surface area (Å²) in [5.41, 5.74) is 2.93. The minimum atomic E-state index is -0.154. The second-order valence-electron chi connectivity index (χ2n) is 6.42. The molecule has 4 rings (SSSR count). The van der Waals surface area contributed by atoms with Gasteiger partial charge in [-0.15, -0.1) is 11.3 Å². The first-order chi connectivity index (χ1) is 12.7. The van der Waals surface area contributed by atoms with Gasteiger partial charge in [-0.3, -0.25) is 9.59 Å². The number of fused-ring (bicyclic) bond motifs is 1. The van der Waals surface area contributed by atoms with E-state index in [4.69, 9.17) is 0 Å². The molecular weight excluding hydrogens is 346 g/mol. The molecule has 0 bridgehead atoms. The number of carbonyl (C=O) groups excluding carboxylic acids is 2. The second-order valence-corrected chi connectivity index (χ2v) is 7.53. The third-order valence-corrected chi connectivity index (χ3v) is 5.47. The lowest BCUT2D eigenvalue weighted by Gasteiger charge is -2.15. The van der Waals surface area contributed by atoms with Crippen LogP contribution in [0.3, 0.4) is 0 Å². The monoisotopic (exact) mass is 365 g/mol. The van der Waals surface area contributed by atoms with Crippen LogP contribution in [-0.2, 0) is 16.0 Å². The SMILES string of the molecule is O=C(CN1CCCC1=O)Nc1ccc(Cc2nc3ccccc3s2)cc1. The smallest absolute Gasteiger partial charge is 0.243 e. The molecule has 1 aromatic heterocycles. The first kappa shape index (κ1) is 16.7. The number of rotatable bonds is 5. The van der Waals surface area contributed by atoms with Gasteiger partial charge in [0.25, 0.3) is 0 Å². The van der Waals surface area contributed by atoms with E-state index in [0.29, 0.717) is 13.0 Å². The maximum absolute atomic E-state index is 12.1. The van der Waals surface area contributed by atoms with Crippen molar-refractivity contribution < 1.29 is 9.59 Å². The number of thiazole rings is 1. The van der Waals surface area contributed by atoms with Gasteiger partial charge in [0.1, 0.15) is 0 Å². The average Bonchev–Trinajstić information content (AvgIpc) is 3.22. The Hall–Kier alpha value is -2.73. The Labute approximate surface area is 155 Å². The first-order valence-electron chi connectivity index (χ1n) is 8.68. The number of nitrogens with zero attached hydrogens (tertiary/aromatic N) is 2. The maximum atomic E-state index is 12.1. The Morgan fingerprint density at radius 3 is 2.69 bits per heavy atom. The van der Waals surface area contributed by atoms with Gasteiger partial charge in [0.2, 0.25) is 11.8 Å². The Balaban J connectivity index is 1.37. The van der Waals surface area contributed by atoms with Gasteiger partial charge < -0.3 is 10.2 Å². The molecule has 2 aromatic carbocycles. The van der Waals surface area contributed by atoms with Crippen LogP contribution in [0.1, 0.15) is 23.4 Å². The third-order valence-electron chi connectivity index (χ3n) is 4.44. The zero-order chi connectivity index (χ0) is 17.9. The fraction of sp³-hybridized carbons (Fsp3) is 0.250. The van der Waals surface area contributed by atoms with Crippen molar-refractivity contribution in [3.8, 4) is 0 Å². The molecule has 0 radical (unpaired) electrons. The second kappa shape index (κ2) is 7.25. The van der Waals surface area contributed by atoms with Crippen LogP contribution >= 0.6 is 11.3 Å². The van der Waals surface area contributed by atoms with Crippen LogP contribution in [0.25, 0.3) is 10.2 Å². The molecule has 0 aliphatic carbocycles. The van der Waals surface area contributed by atoms with E-state index < -0.39 is 0 Å². The zero-order valence-corrected chi connectivity index (χ0v) is 15.1. The molecule has 0 atom stereocenters. The van der Waals surface area contributed by atoms with E-state index in [0.717, 1.165) is 34.6 Å². The summed E-state index contributed by atoms with van der Waals surface area (Å²) in [6, 6.07) is 15.9. The summed E-state index contributed by atoms with van der Waals surface area (Å²) in [6.45, 7) is 0.805. The lowest BCUT2D eigenvalue weighted by atomic mass is 10.1. The van der Waals surface area contributed by atoms with Crippen molar-refractivity contribution in [3.63, 3.8) is 0 Å². The molecule has 0 unspecified atom stereocenters. The number of hydrogen-bond donors (Lipinski definition) is 1. The summed E-state index contributed by atoms with van der Waals surface area (Å²) < 4.78 is 1.20. The number of benzene rings is 2. The topological polar surface area (TPSA) is 62.3 Å². The summed E-state index contributed by atoms with van der Waals surface area (Å²) >= 11 is 1.71. The van der Waals surface area contributed by atoms with Gasteiger partial charge in [0, 0.05) is 25.1 Å². The largest absolute Gasteiger partial charge is 0.333 e. The quantitative estimate of drug-likeness (QED) is 0.753. The molecule has 5 nitrogen and oxygen atoms in total. The van der Waals surface area contributed by atoms with Gasteiger partial charge >= 0.3 is 0 Å². The molecule has 1 aliphatic heterocycles. The van der Waals surface area contributed by atoms with E-state index in [1.165, 1.54) is 4.70 Å². The summed E-state index contributed by atoms with van der Waals surface area (Å²) in [6.07, 6.45) is 2.16. The van der Waals surface area contributed by atoms with E-state index in [2.05, 4.69) is 16.4 Å². The predicted molar refractivity (Wildman–Crippen MR) is 103 cm³/mol. The number of aromatic nitrogens is 1. The van der Waals surface area contributed by atoms with E-state index in [1.54, 1.807) is 16.2 Å². The molecule has 0 spiro atoms. The van der Waals surface area contributed by atoms with E-state index in [9.17, 15) is 9.59 Å². The predicted octanol–water partition coefficient (Wildman–Crippen LogP) is 3.45. The van der Waals surface area contributed by atoms with Gasteiger partial charge in [0.05, 0.1) is 21.8 Å². The van der Waals surface area contributed by atoms with Crippen LogP contribution in [-0.4, -0.2) is 34.8 Å². The van der Waals surface area contributed by atoms with Crippen LogP contribution in [0.4, 0.5) is 5.69 Å². The van der Waals surface area contributed by atoms with Gasteiger partial charge in [-0.05, 0) is 36.2 Å². The molecule has 1 fully saturated rings. The molecule has 1 N–H and O–H groups in total. The third kappa shape index (κ3) is 3.75. The fourth-order valence-corrected chi connectivity index (χ4v) is 4.12. The standard InChI is InChI=1S/C20H19N3O2S/c24-18(13-23-11-3-6-20(23)25)21-15-9-7-14(8-10-15)12-19-22-16-4-1-2-5-17(16)26-19/h1-2,4-5,7-10H,3,6,11-13H2,(H,21,24). The molecule has 1 aliphatic rings. The number of carbonyl (C=O) groups is 2. The number of hydrogen-bond acceptors (Lipinski definition) is 4. The van der Waals surface area contributed by atoms with Crippen LogP contribution in [0.2, 0.25) is 0 Å². The molecule has 0 saturated carbocycles. The summed E-state index contributed by atoms with van der Waals surface area (Å²) in [5.74, 6) is -0.0921. The average molecular weight is 365 g/mol. The van der Waals surface area contributed by atoms with Crippen LogP contribution < -0.4 is 5.32 Å². The Kier molecular flexibility index (Phi) is 4.67.